The highest BCUT2D eigenvalue weighted by molar-refractivity contribution is 5.94. The lowest BCUT2D eigenvalue weighted by molar-refractivity contribution is -0.137. The number of hydrogen-bond donors (Lipinski definition) is 2. The molecule has 2 N–H and O–H groups in total. The first-order valence-corrected chi connectivity index (χ1v) is 5.74. The van der Waals surface area contributed by atoms with Crippen molar-refractivity contribution in [3.63, 3.8) is 0 Å². The number of ether oxygens (including phenoxy) is 1. The van der Waals surface area contributed by atoms with Crippen LogP contribution in [0.1, 0.15) is 17.2 Å². The van der Waals surface area contributed by atoms with E-state index in [-0.39, 0.29) is 12.0 Å². The molecule has 5 nitrogen and oxygen atoms in total. The topological polar surface area (TPSA) is 62.7 Å². The summed E-state index contributed by atoms with van der Waals surface area (Å²) in [4.78, 5) is 15.1. The molecule has 0 bridgehead atoms. The Labute approximate surface area is 112 Å². The second-order valence-corrected chi connectivity index (χ2v) is 4.11. The monoisotopic (exact) mass is 287 g/mol. The predicted octanol–water partition coefficient (Wildman–Crippen LogP) is 2.06. The Morgan fingerprint density at radius 2 is 2.05 bits per heavy atom. The maximum atomic E-state index is 12.4. The van der Waals surface area contributed by atoms with Crippen LogP contribution in [-0.2, 0) is 10.9 Å². The van der Waals surface area contributed by atoms with Crippen molar-refractivity contribution in [2.24, 2.45) is 4.99 Å². The Balaban J connectivity index is 2.08. The van der Waals surface area contributed by atoms with Gasteiger partial charge in [0.05, 0.1) is 18.7 Å². The van der Waals surface area contributed by atoms with E-state index in [4.69, 9.17) is 0 Å². The normalized spacial score (nSPS) is 18.2. The van der Waals surface area contributed by atoms with Crippen LogP contribution in [0.5, 0.6) is 0 Å². The Bertz CT molecular complexity index is 526. The van der Waals surface area contributed by atoms with E-state index >= 15 is 0 Å². The zero-order chi connectivity index (χ0) is 14.8. The Morgan fingerprint density at radius 1 is 1.40 bits per heavy atom. The third-order valence-corrected chi connectivity index (χ3v) is 2.78. The van der Waals surface area contributed by atoms with Gasteiger partial charge < -0.3 is 10.1 Å². The Hall–Kier alpha value is -2.25. The average Bonchev–Trinajstić information content (AvgIpc) is 2.86. The maximum absolute atomic E-state index is 12.4. The molecule has 1 aromatic rings. The summed E-state index contributed by atoms with van der Waals surface area (Å²) in [6.07, 6.45) is -5.02. The number of benzene rings is 1. The molecule has 1 amide bonds. The molecule has 0 aromatic heterocycles. The van der Waals surface area contributed by atoms with Crippen LogP contribution in [0, 0.1) is 0 Å². The number of alkyl halides is 3. The second kappa shape index (κ2) is 5.40. The highest BCUT2D eigenvalue weighted by Gasteiger charge is 2.30. The number of guanidine groups is 1. The summed E-state index contributed by atoms with van der Waals surface area (Å²) in [5.74, 6) is 0.238. The molecular formula is C12H12F3N3O2. The number of alkyl carbamates (subject to hydrolysis) is 1. The van der Waals surface area contributed by atoms with Crippen molar-refractivity contribution in [2.75, 3.05) is 13.7 Å². The van der Waals surface area contributed by atoms with Crippen LogP contribution in [-0.4, -0.2) is 25.7 Å². The lowest BCUT2D eigenvalue weighted by atomic mass is 10.1. The first-order valence-electron chi connectivity index (χ1n) is 5.74. The minimum atomic E-state index is -4.35. The molecule has 0 spiro atoms. The number of carbonyl (C=O) groups excluding carboxylic acids is 1. The second-order valence-electron chi connectivity index (χ2n) is 4.11. The molecule has 8 heteroatoms. The van der Waals surface area contributed by atoms with Crippen molar-refractivity contribution in [3.8, 4) is 0 Å². The summed E-state index contributed by atoms with van der Waals surface area (Å²) in [6, 6.07) is 4.43. The largest absolute Gasteiger partial charge is 0.453 e. The fraction of sp³-hybridized carbons (Fsp3) is 0.333. The van der Waals surface area contributed by atoms with Crippen LogP contribution in [0.25, 0.3) is 0 Å². The smallest absolute Gasteiger partial charge is 0.416 e. The fourth-order valence-electron chi connectivity index (χ4n) is 1.75. The van der Waals surface area contributed by atoms with E-state index in [0.29, 0.717) is 12.1 Å². The van der Waals surface area contributed by atoms with Gasteiger partial charge in [-0.25, -0.2) is 9.79 Å². The van der Waals surface area contributed by atoms with Gasteiger partial charge in [0, 0.05) is 6.54 Å². The van der Waals surface area contributed by atoms with E-state index in [1.165, 1.54) is 19.2 Å². The van der Waals surface area contributed by atoms with Gasteiger partial charge in [0.25, 0.3) is 0 Å². The lowest BCUT2D eigenvalue weighted by Gasteiger charge is -2.09. The van der Waals surface area contributed by atoms with Gasteiger partial charge in [-0.1, -0.05) is 12.1 Å². The van der Waals surface area contributed by atoms with Crippen LogP contribution < -0.4 is 10.6 Å². The van der Waals surface area contributed by atoms with Gasteiger partial charge in [0.15, 0.2) is 0 Å². The van der Waals surface area contributed by atoms with Gasteiger partial charge in [-0.3, -0.25) is 5.32 Å². The predicted molar refractivity (Wildman–Crippen MR) is 65.2 cm³/mol. The summed E-state index contributed by atoms with van der Waals surface area (Å²) < 4.78 is 41.7. The molecule has 1 aliphatic heterocycles. The van der Waals surface area contributed by atoms with Crippen molar-refractivity contribution >= 4 is 12.1 Å². The summed E-state index contributed by atoms with van der Waals surface area (Å²) in [6.45, 7) is 0.394. The minimum Gasteiger partial charge on any atom is -0.453 e. The van der Waals surface area contributed by atoms with Crippen LogP contribution in [0.3, 0.4) is 0 Å². The summed E-state index contributed by atoms with van der Waals surface area (Å²) >= 11 is 0. The first kappa shape index (κ1) is 14.2. The van der Waals surface area contributed by atoms with Crippen molar-refractivity contribution in [1.82, 2.24) is 10.6 Å². The number of nitrogens with zero attached hydrogens (tertiary/aromatic N) is 1. The van der Waals surface area contributed by atoms with E-state index in [1.54, 1.807) is 0 Å². The van der Waals surface area contributed by atoms with Crippen LogP contribution in [0.15, 0.2) is 29.3 Å². The van der Waals surface area contributed by atoms with Gasteiger partial charge in [-0.15, -0.1) is 0 Å². The highest BCUT2D eigenvalue weighted by Crippen LogP contribution is 2.30. The highest BCUT2D eigenvalue weighted by atomic mass is 19.4. The quantitative estimate of drug-likeness (QED) is 0.831. The zero-order valence-corrected chi connectivity index (χ0v) is 10.5. The Morgan fingerprint density at radius 3 is 2.60 bits per heavy atom. The summed E-state index contributed by atoms with van der Waals surface area (Å²) in [5, 5.41) is 5.19. The molecule has 20 heavy (non-hydrogen) atoms. The molecular weight excluding hydrogens is 275 g/mol. The lowest BCUT2D eigenvalue weighted by Crippen LogP contribution is -2.37. The zero-order valence-electron chi connectivity index (χ0n) is 10.5. The third kappa shape index (κ3) is 3.19. The van der Waals surface area contributed by atoms with Gasteiger partial charge in [-0.2, -0.15) is 13.2 Å². The molecule has 1 unspecified atom stereocenters. The summed E-state index contributed by atoms with van der Waals surface area (Å²) in [5.41, 5.74) is -0.0729. The molecule has 0 saturated heterocycles. The van der Waals surface area contributed by atoms with Gasteiger partial charge in [-0.05, 0) is 17.7 Å². The minimum absolute atomic E-state index is 0.238. The van der Waals surface area contributed by atoms with Crippen LogP contribution >= 0.6 is 0 Å². The standard InChI is InChI=1S/C12H12F3N3O2/c1-20-11(19)18-10-16-6-9(17-10)7-2-4-8(5-3-7)12(13,14)15/h2-5,9H,6H2,1H3,(H2,16,17,18,19). The molecule has 0 aliphatic carbocycles. The van der Waals surface area contributed by atoms with E-state index < -0.39 is 17.8 Å². The van der Waals surface area contributed by atoms with Crippen molar-refractivity contribution < 1.29 is 22.7 Å². The number of nitrogens with one attached hydrogen (secondary N) is 2. The molecule has 2 rings (SSSR count). The van der Waals surface area contributed by atoms with E-state index in [2.05, 4.69) is 20.4 Å². The molecule has 108 valence electrons. The Kier molecular flexibility index (Phi) is 3.82. The number of rotatable bonds is 1. The SMILES string of the molecule is COC(=O)NC1=NC(c2ccc(C(F)(F)F)cc2)CN1. The number of methoxy groups -OCH3 is 1. The van der Waals surface area contributed by atoms with Crippen molar-refractivity contribution in [3.05, 3.63) is 35.4 Å². The molecule has 1 atom stereocenters. The third-order valence-electron chi connectivity index (χ3n) is 2.78. The molecule has 0 fully saturated rings. The number of hydrogen-bond acceptors (Lipinski definition) is 4. The molecule has 1 heterocycles. The molecule has 0 radical (unpaired) electrons. The molecule has 1 aromatic carbocycles. The van der Waals surface area contributed by atoms with Crippen LogP contribution in [0.2, 0.25) is 0 Å². The number of halogens is 3. The van der Waals surface area contributed by atoms with Crippen molar-refractivity contribution in [2.45, 2.75) is 12.2 Å². The molecule has 1 aliphatic rings. The van der Waals surface area contributed by atoms with E-state index in [1.807, 2.05) is 0 Å². The number of aliphatic imine (C=N–C) groups is 1. The number of carbonyl (C=O) groups is 1. The molecule has 0 saturated carbocycles. The fourth-order valence-corrected chi connectivity index (χ4v) is 1.75. The first-order chi connectivity index (χ1) is 9.40. The van der Waals surface area contributed by atoms with Crippen LogP contribution in [0.4, 0.5) is 18.0 Å². The number of amides is 1. The maximum Gasteiger partial charge on any atom is 0.416 e. The average molecular weight is 287 g/mol. The van der Waals surface area contributed by atoms with Crippen molar-refractivity contribution in [1.29, 1.82) is 0 Å². The van der Waals surface area contributed by atoms with Gasteiger partial charge >= 0.3 is 12.3 Å². The van der Waals surface area contributed by atoms with E-state index in [9.17, 15) is 18.0 Å². The van der Waals surface area contributed by atoms with Gasteiger partial charge in [0.1, 0.15) is 0 Å². The van der Waals surface area contributed by atoms with E-state index in [0.717, 1.165) is 12.1 Å². The van der Waals surface area contributed by atoms with Gasteiger partial charge in [0.2, 0.25) is 5.96 Å². The summed E-state index contributed by atoms with van der Waals surface area (Å²) in [7, 11) is 1.22.